The van der Waals surface area contributed by atoms with Gasteiger partial charge in [0.2, 0.25) is 0 Å². The highest BCUT2D eigenvalue weighted by Crippen LogP contribution is 2.15. The molecular weight excluding hydrogens is 242 g/mol. The number of rotatable bonds is 2. The molecule has 7 nitrogen and oxygen atoms in total. The number of fused-ring (bicyclic) bond motifs is 1. The van der Waals surface area contributed by atoms with E-state index >= 15 is 0 Å². The van der Waals surface area contributed by atoms with E-state index in [0.717, 1.165) is 11.3 Å². The third kappa shape index (κ3) is 4.35. The molecule has 0 amide bonds. The summed E-state index contributed by atoms with van der Waals surface area (Å²) in [4.78, 5) is 29.8. The predicted octanol–water partition coefficient (Wildman–Crippen LogP) is 0.784. The zero-order valence-electron chi connectivity index (χ0n) is 8.99. The first-order valence-corrected chi connectivity index (χ1v) is 4.69. The van der Waals surface area contributed by atoms with E-state index in [-0.39, 0.29) is 5.43 Å². The van der Waals surface area contributed by atoms with Gasteiger partial charge >= 0.3 is 11.9 Å². The zero-order valence-corrected chi connectivity index (χ0v) is 8.99. The van der Waals surface area contributed by atoms with E-state index < -0.39 is 11.9 Å². The van der Waals surface area contributed by atoms with Gasteiger partial charge < -0.3 is 14.7 Å². The number of aliphatic carboxylic acids is 2. The minimum Gasteiger partial charge on any atom is -0.478 e. The van der Waals surface area contributed by atoms with E-state index in [4.69, 9.17) is 14.7 Å². The molecule has 0 saturated heterocycles. The van der Waals surface area contributed by atoms with Crippen LogP contribution in [0.5, 0.6) is 0 Å². The monoisotopic (exact) mass is 251 g/mol. The number of nitrogens with one attached hydrogen (secondary N) is 1. The van der Waals surface area contributed by atoms with Crippen molar-refractivity contribution >= 4 is 11.9 Å². The number of aromatic nitrogens is 1. The van der Waals surface area contributed by atoms with Gasteiger partial charge in [-0.2, -0.15) is 0 Å². The second kappa shape index (κ2) is 6.04. The number of carboxylic acids is 2. The average Bonchev–Trinajstić information content (AvgIpc) is 2.74. The first-order chi connectivity index (χ1) is 8.49. The van der Waals surface area contributed by atoms with E-state index in [0.29, 0.717) is 12.2 Å². The molecular formula is C11H9NO6. The van der Waals surface area contributed by atoms with E-state index in [2.05, 4.69) is 5.16 Å². The molecule has 0 bridgehead atoms. The average molecular weight is 251 g/mol. The summed E-state index contributed by atoms with van der Waals surface area (Å²) in [5.74, 6) is -2.51. The Kier molecular flexibility index (Phi) is 4.44. The fourth-order valence-electron chi connectivity index (χ4n) is 1.03. The van der Waals surface area contributed by atoms with Crippen molar-refractivity contribution < 1.29 is 24.3 Å². The van der Waals surface area contributed by atoms with Crippen molar-refractivity contribution in [3.05, 3.63) is 46.8 Å². The predicted molar refractivity (Wildman–Crippen MR) is 60.4 cm³/mol. The number of carboxylic acid groups (broad SMARTS) is 2. The van der Waals surface area contributed by atoms with Crippen LogP contribution in [0.3, 0.4) is 0 Å². The molecule has 0 fully saturated rings. The minimum absolute atomic E-state index is 0.00912. The SMILES string of the molecule is O=C(O)/C=C\C(=O)O.O=c1ccc2co[nH]c-2c1. The Labute approximate surface area is 100 Å². The van der Waals surface area contributed by atoms with E-state index in [9.17, 15) is 14.4 Å². The van der Waals surface area contributed by atoms with Crippen molar-refractivity contribution in [2.24, 2.45) is 0 Å². The molecule has 0 aromatic carbocycles. The molecule has 1 heterocycles. The molecule has 0 saturated carbocycles. The summed E-state index contributed by atoms with van der Waals surface area (Å²) in [5, 5.41) is 18.2. The van der Waals surface area contributed by atoms with Gasteiger partial charge in [-0.25, -0.2) is 14.7 Å². The van der Waals surface area contributed by atoms with Crippen LogP contribution in [0.2, 0.25) is 0 Å². The summed E-state index contributed by atoms with van der Waals surface area (Å²) in [5.41, 5.74) is 1.65. The molecule has 0 aromatic heterocycles. The second-order valence-corrected chi connectivity index (χ2v) is 3.10. The Morgan fingerprint density at radius 2 is 1.78 bits per heavy atom. The van der Waals surface area contributed by atoms with Crippen LogP contribution in [0.25, 0.3) is 11.3 Å². The molecule has 2 aliphatic rings. The lowest BCUT2D eigenvalue weighted by Crippen LogP contribution is -1.95. The van der Waals surface area contributed by atoms with Gasteiger partial charge in [0.25, 0.3) is 0 Å². The molecule has 2 rings (SSSR count). The van der Waals surface area contributed by atoms with Crippen LogP contribution < -0.4 is 5.43 Å². The quantitative estimate of drug-likeness (QED) is 0.678. The topological polar surface area (TPSA) is 121 Å². The van der Waals surface area contributed by atoms with E-state index in [1.807, 2.05) is 0 Å². The van der Waals surface area contributed by atoms with Crippen LogP contribution >= 0.6 is 0 Å². The van der Waals surface area contributed by atoms with Crippen LogP contribution in [-0.4, -0.2) is 27.3 Å². The summed E-state index contributed by atoms with van der Waals surface area (Å²) in [6.45, 7) is 0. The Morgan fingerprint density at radius 3 is 2.33 bits per heavy atom. The van der Waals surface area contributed by atoms with Gasteiger partial charge in [0.05, 0.1) is 5.69 Å². The van der Waals surface area contributed by atoms with E-state index in [1.165, 1.54) is 12.1 Å². The Hall–Kier alpha value is -2.83. The summed E-state index contributed by atoms with van der Waals surface area (Å²) in [6, 6.07) is 4.72. The lowest BCUT2D eigenvalue weighted by molar-refractivity contribution is -0.134. The van der Waals surface area contributed by atoms with Crippen molar-refractivity contribution in [2.45, 2.75) is 0 Å². The fraction of sp³-hybridized carbons (Fsp3) is 0. The maximum absolute atomic E-state index is 10.7. The molecule has 0 spiro atoms. The lowest BCUT2D eigenvalue weighted by atomic mass is 10.2. The second-order valence-electron chi connectivity index (χ2n) is 3.10. The van der Waals surface area contributed by atoms with Gasteiger partial charge in [-0.15, -0.1) is 0 Å². The van der Waals surface area contributed by atoms with Gasteiger partial charge in [0, 0.05) is 23.8 Å². The summed E-state index contributed by atoms with van der Waals surface area (Å²) >= 11 is 0. The first-order valence-electron chi connectivity index (χ1n) is 4.69. The smallest absolute Gasteiger partial charge is 0.328 e. The van der Waals surface area contributed by atoms with Crippen molar-refractivity contribution in [3.8, 4) is 11.3 Å². The molecule has 3 N–H and O–H groups in total. The maximum Gasteiger partial charge on any atom is 0.328 e. The number of carbonyl (C=O) groups is 2. The Balaban J connectivity index is 0.000000187. The molecule has 18 heavy (non-hydrogen) atoms. The highest BCUT2D eigenvalue weighted by molar-refractivity contribution is 5.89. The molecule has 0 radical (unpaired) electrons. The fourth-order valence-corrected chi connectivity index (χ4v) is 1.03. The highest BCUT2D eigenvalue weighted by Gasteiger charge is 2.01. The van der Waals surface area contributed by atoms with Crippen molar-refractivity contribution in [1.82, 2.24) is 5.16 Å². The van der Waals surface area contributed by atoms with Gasteiger partial charge in [-0.3, -0.25) is 4.79 Å². The summed E-state index contributed by atoms with van der Waals surface area (Å²) < 4.78 is 4.76. The molecule has 0 aromatic rings. The lowest BCUT2D eigenvalue weighted by Gasteiger charge is -1.87. The van der Waals surface area contributed by atoms with Crippen LogP contribution in [0.15, 0.2) is 45.9 Å². The maximum atomic E-state index is 10.7. The highest BCUT2D eigenvalue weighted by atomic mass is 16.5. The summed E-state index contributed by atoms with van der Waals surface area (Å²) in [7, 11) is 0. The van der Waals surface area contributed by atoms with Crippen molar-refractivity contribution in [2.75, 3.05) is 0 Å². The van der Waals surface area contributed by atoms with Crippen LogP contribution in [0, 0.1) is 0 Å². The van der Waals surface area contributed by atoms with Crippen molar-refractivity contribution in [3.63, 3.8) is 0 Å². The van der Waals surface area contributed by atoms with Gasteiger partial charge in [0.1, 0.15) is 6.26 Å². The molecule has 1 aliphatic carbocycles. The van der Waals surface area contributed by atoms with Crippen LogP contribution in [-0.2, 0) is 9.59 Å². The molecule has 0 atom stereocenters. The number of hydrogen-bond acceptors (Lipinski definition) is 4. The largest absolute Gasteiger partial charge is 0.478 e. The molecule has 1 aliphatic heterocycles. The third-order valence-electron chi connectivity index (χ3n) is 1.75. The summed E-state index contributed by atoms with van der Waals surface area (Å²) in [6.07, 6.45) is 2.68. The number of benzene rings is 1. The van der Waals surface area contributed by atoms with Gasteiger partial charge in [-0.1, -0.05) is 0 Å². The van der Waals surface area contributed by atoms with Crippen LogP contribution in [0.4, 0.5) is 0 Å². The van der Waals surface area contributed by atoms with Gasteiger partial charge in [0.15, 0.2) is 5.43 Å². The standard InChI is InChI=1S/C7H5NO2.C4H4O4/c9-6-2-1-5-4-10-8-7(5)3-6;5-3(6)1-2-4(7)8/h1-4,8H;1-2H,(H,5,6)(H,7,8)/b;2-1-. The zero-order chi connectivity index (χ0) is 13.5. The van der Waals surface area contributed by atoms with E-state index in [1.54, 1.807) is 12.3 Å². The Bertz CT molecular complexity index is 578. The van der Waals surface area contributed by atoms with Gasteiger partial charge in [-0.05, 0) is 12.1 Å². The minimum atomic E-state index is -1.26. The Morgan fingerprint density at radius 1 is 1.17 bits per heavy atom. The van der Waals surface area contributed by atoms with Crippen LogP contribution in [0.1, 0.15) is 0 Å². The van der Waals surface area contributed by atoms with Crippen molar-refractivity contribution in [1.29, 1.82) is 0 Å². The third-order valence-corrected chi connectivity index (χ3v) is 1.75. The number of H-pyrrole nitrogens is 1. The molecule has 94 valence electrons. The number of hydrogen-bond donors (Lipinski definition) is 3. The molecule has 0 unspecified atom stereocenters. The number of aromatic amines is 1. The first kappa shape index (κ1) is 13.2. The molecule has 7 heteroatoms. The normalized spacial score (nSPS) is 10.0.